The Balaban J connectivity index is 2.23. The van der Waals surface area contributed by atoms with Gasteiger partial charge in [0.05, 0.1) is 20.1 Å². The van der Waals surface area contributed by atoms with Crippen molar-refractivity contribution < 1.29 is 19.1 Å². The van der Waals surface area contributed by atoms with Gasteiger partial charge in [0.15, 0.2) is 0 Å². The van der Waals surface area contributed by atoms with Crippen molar-refractivity contribution in [2.75, 3.05) is 25.7 Å². The third-order valence-corrected chi connectivity index (χ3v) is 3.35. The standard InChI is InChI=1S/C14H17NO4/c1-9-6-11(18-2)4-5-12(9)15-8-10(7-13(15)16)14(17)19-3/h4-6,10H,7-8H2,1-3H3. The number of esters is 1. The Bertz CT molecular complexity index is 512. The summed E-state index contributed by atoms with van der Waals surface area (Å²) in [6.07, 6.45) is 0.206. The minimum Gasteiger partial charge on any atom is -0.497 e. The molecule has 1 fully saturated rings. The van der Waals surface area contributed by atoms with E-state index in [0.717, 1.165) is 17.0 Å². The number of carbonyl (C=O) groups excluding carboxylic acids is 2. The number of hydrogen-bond donors (Lipinski definition) is 0. The van der Waals surface area contributed by atoms with E-state index < -0.39 is 0 Å². The molecule has 1 aliphatic rings. The first-order valence-corrected chi connectivity index (χ1v) is 6.09. The lowest BCUT2D eigenvalue weighted by molar-refractivity contribution is -0.145. The van der Waals surface area contributed by atoms with Crippen LogP contribution in [0.25, 0.3) is 0 Å². The molecule has 0 aromatic heterocycles. The number of hydrogen-bond acceptors (Lipinski definition) is 4. The quantitative estimate of drug-likeness (QED) is 0.776. The molecule has 1 heterocycles. The summed E-state index contributed by atoms with van der Waals surface area (Å²) in [5.41, 5.74) is 1.76. The van der Waals surface area contributed by atoms with Crippen LogP contribution in [0, 0.1) is 12.8 Å². The van der Waals surface area contributed by atoms with Crippen molar-refractivity contribution in [2.45, 2.75) is 13.3 Å². The highest BCUT2D eigenvalue weighted by Gasteiger charge is 2.36. The molecule has 1 saturated heterocycles. The zero-order valence-electron chi connectivity index (χ0n) is 11.3. The predicted octanol–water partition coefficient (Wildman–Crippen LogP) is 1.53. The lowest BCUT2D eigenvalue weighted by Crippen LogP contribution is -2.26. The SMILES string of the molecule is COC(=O)C1CC(=O)N(c2ccc(OC)cc2C)C1. The molecular weight excluding hydrogens is 246 g/mol. The topological polar surface area (TPSA) is 55.8 Å². The highest BCUT2D eigenvalue weighted by Crippen LogP contribution is 2.30. The van der Waals surface area contributed by atoms with Crippen LogP contribution < -0.4 is 9.64 Å². The number of anilines is 1. The molecule has 0 radical (unpaired) electrons. The van der Waals surface area contributed by atoms with E-state index in [-0.39, 0.29) is 24.2 Å². The summed E-state index contributed by atoms with van der Waals surface area (Å²) >= 11 is 0. The molecule has 2 rings (SSSR count). The zero-order chi connectivity index (χ0) is 14.0. The summed E-state index contributed by atoms with van der Waals surface area (Å²) in [5, 5.41) is 0. The van der Waals surface area contributed by atoms with E-state index in [9.17, 15) is 9.59 Å². The lowest BCUT2D eigenvalue weighted by atomic mass is 10.1. The fourth-order valence-electron chi connectivity index (χ4n) is 2.32. The first-order valence-electron chi connectivity index (χ1n) is 6.09. The Kier molecular flexibility index (Phi) is 3.74. The van der Waals surface area contributed by atoms with Gasteiger partial charge in [-0.3, -0.25) is 9.59 Å². The van der Waals surface area contributed by atoms with E-state index in [1.165, 1.54) is 7.11 Å². The van der Waals surface area contributed by atoms with Crippen LogP contribution in [0.15, 0.2) is 18.2 Å². The average molecular weight is 263 g/mol. The second kappa shape index (κ2) is 5.30. The van der Waals surface area contributed by atoms with E-state index in [4.69, 9.17) is 9.47 Å². The van der Waals surface area contributed by atoms with Crippen molar-refractivity contribution in [3.63, 3.8) is 0 Å². The maximum absolute atomic E-state index is 12.0. The second-order valence-corrected chi connectivity index (χ2v) is 4.58. The Labute approximate surface area is 112 Å². The van der Waals surface area contributed by atoms with Crippen molar-refractivity contribution in [3.8, 4) is 5.75 Å². The summed E-state index contributed by atoms with van der Waals surface area (Å²) in [7, 11) is 2.94. The third kappa shape index (κ3) is 2.54. The lowest BCUT2D eigenvalue weighted by Gasteiger charge is -2.19. The van der Waals surface area contributed by atoms with Crippen molar-refractivity contribution in [1.82, 2.24) is 0 Å². The maximum atomic E-state index is 12.0. The Hall–Kier alpha value is -2.04. The molecule has 1 aliphatic heterocycles. The molecule has 0 saturated carbocycles. The molecule has 5 heteroatoms. The van der Waals surface area contributed by atoms with E-state index in [1.54, 1.807) is 18.1 Å². The van der Waals surface area contributed by atoms with Crippen LogP contribution in [0.4, 0.5) is 5.69 Å². The molecule has 1 aromatic rings. The monoisotopic (exact) mass is 263 g/mol. The molecular formula is C14H17NO4. The van der Waals surface area contributed by atoms with Crippen LogP contribution in [0.5, 0.6) is 5.75 Å². The fourth-order valence-corrected chi connectivity index (χ4v) is 2.32. The van der Waals surface area contributed by atoms with Gasteiger partial charge in [0.25, 0.3) is 0 Å². The van der Waals surface area contributed by atoms with Gasteiger partial charge in [-0.25, -0.2) is 0 Å². The number of rotatable bonds is 3. The zero-order valence-corrected chi connectivity index (χ0v) is 11.3. The van der Waals surface area contributed by atoms with E-state index in [2.05, 4.69) is 0 Å². The predicted molar refractivity (Wildman–Crippen MR) is 70.2 cm³/mol. The number of aryl methyl sites for hydroxylation is 1. The van der Waals surface area contributed by atoms with E-state index in [1.807, 2.05) is 19.1 Å². The largest absolute Gasteiger partial charge is 0.497 e. The smallest absolute Gasteiger partial charge is 0.311 e. The second-order valence-electron chi connectivity index (χ2n) is 4.58. The van der Waals surface area contributed by atoms with Gasteiger partial charge in [-0.1, -0.05) is 0 Å². The molecule has 1 aromatic carbocycles. The summed E-state index contributed by atoms with van der Waals surface area (Å²) in [6.45, 7) is 2.29. The van der Waals surface area contributed by atoms with Gasteiger partial charge >= 0.3 is 5.97 Å². The summed E-state index contributed by atoms with van der Waals surface area (Å²) < 4.78 is 9.83. The highest BCUT2D eigenvalue weighted by molar-refractivity contribution is 6.00. The van der Waals surface area contributed by atoms with Gasteiger partial charge in [-0.2, -0.15) is 0 Å². The van der Waals surface area contributed by atoms with E-state index >= 15 is 0 Å². The molecule has 0 spiro atoms. The van der Waals surface area contributed by atoms with Gasteiger partial charge in [0.1, 0.15) is 5.75 Å². The third-order valence-electron chi connectivity index (χ3n) is 3.35. The maximum Gasteiger partial charge on any atom is 0.311 e. The first kappa shape index (κ1) is 13.4. The number of ether oxygens (including phenoxy) is 2. The number of methoxy groups -OCH3 is 2. The summed E-state index contributed by atoms with van der Waals surface area (Å²) in [6, 6.07) is 5.51. The average Bonchev–Trinajstić information content (AvgIpc) is 2.79. The van der Waals surface area contributed by atoms with Gasteiger partial charge in [0, 0.05) is 18.7 Å². The summed E-state index contributed by atoms with van der Waals surface area (Å²) in [5.74, 6) is -0.0119. The van der Waals surface area contributed by atoms with Gasteiger partial charge in [0.2, 0.25) is 5.91 Å². The molecule has 102 valence electrons. The number of amides is 1. The summed E-state index contributed by atoms with van der Waals surface area (Å²) in [4.78, 5) is 25.1. The van der Waals surface area contributed by atoms with Gasteiger partial charge in [-0.15, -0.1) is 0 Å². The van der Waals surface area contributed by atoms with Crippen LogP contribution in [-0.2, 0) is 14.3 Å². The van der Waals surface area contributed by atoms with Crippen LogP contribution >= 0.6 is 0 Å². The van der Waals surface area contributed by atoms with Crippen molar-refractivity contribution in [3.05, 3.63) is 23.8 Å². The van der Waals surface area contributed by atoms with Crippen molar-refractivity contribution in [1.29, 1.82) is 0 Å². The minimum absolute atomic E-state index is 0.0522. The van der Waals surface area contributed by atoms with Gasteiger partial charge < -0.3 is 14.4 Å². The molecule has 1 unspecified atom stereocenters. The van der Waals surface area contributed by atoms with Crippen LogP contribution in [0.1, 0.15) is 12.0 Å². The number of nitrogens with zero attached hydrogens (tertiary/aromatic N) is 1. The normalized spacial score (nSPS) is 18.6. The van der Waals surface area contributed by atoms with Crippen molar-refractivity contribution >= 4 is 17.6 Å². The minimum atomic E-state index is -0.376. The first-order chi connectivity index (χ1) is 9.06. The van der Waals surface area contributed by atoms with Crippen LogP contribution in [0.3, 0.4) is 0 Å². The van der Waals surface area contributed by atoms with Crippen molar-refractivity contribution in [2.24, 2.45) is 5.92 Å². The molecule has 0 N–H and O–H groups in total. The fraction of sp³-hybridized carbons (Fsp3) is 0.429. The van der Waals surface area contributed by atoms with Gasteiger partial charge in [-0.05, 0) is 30.7 Å². The number of benzene rings is 1. The van der Waals surface area contributed by atoms with Crippen LogP contribution in [-0.4, -0.2) is 32.6 Å². The van der Waals surface area contributed by atoms with E-state index in [0.29, 0.717) is 6.54 Å². The highest BCUT2D eigenvalue weighted by atomic mass is 16.5. The molecule has 0 bridgehead atoms. The molecule has 1 amide bonds. The molecule has 0 aliphatic carbocycles. The Morgan fingerprint density at radius 1 is 1.37 bits per heavy atom. The molecule has 1 atom stereocenters. The Morgan fingerprint density at radius 3 is 2.68 bits per heavy atom. The molecule has 19 heavy (non-hydrogen) atoms. The Morgan fingerprint density at radius 2 is 2.11 bits per heavy atom. The van der Waals surface area contributed by atoms with Crippen LogP contribution in [0.2, 0.25) is 0 Å². The number of carbonyl (C=O) groups is 2. The molecule has 5 nitrogen and oxygen atoms in total.